The second kappa shape index (κ2) is 8.12. The molecule has 0 aromatic carbocycles. The van der Waals surface area contributed by atoms with Crippen molar-refractivity contribution in [2.24, 2.45) is 5.92 Å². The van der Waals surface area contributed by atoms with E-state index in [1.807, 2.05) is 0 Å². The van der Waals surface area contributed by atoms with Gasteiger partial charge in [-0.25, -0.2) is 0 Å². The van der Waals surface area contributed by atoms with Gasteiger partial charge in [-0.15, -0.1) is 0 Å². The van der Waals surface area contributed by atoms with Gasteiger partial charge >= 0.3 is 6.18 Å². The number of hydrogen-bond acceptors (Lipinski definition) is 4. The summed E-state index contributed by atoms with van der Waals surface area (Å²) in [5.41, 5.74) is 0. The molecular formula is C14H24F3N3O2. The summed E-state index contributed by atoms with van der Waals surface area (Å²) in [6.07, 6.45) is -2.22. The Kier molecular flexibility index (Phi) is 6.46. The molecule has 0 aromatic rings. The van der Waals surface area contributed by atoms with Gasteiger partial charge in [0.1, 0.15) is 6.10 Å². The van der Waals surface area contributed by atoms with Gasteiger partial charge in [0.2, 0.25) is 5.91 Å². The van der Waals surface area contributed by atoms with E-state index in [9.17, 15) is 18.0 Å². The normalized spacial score (nSPS) is 25.1. The number of nitrogens with one attached hydrogen (secondary N) is 2. The summed E-state index contributed by atoms with van der Waals surface area (Å²) in [6, 6.07) is 0. The molecule has 8 heteroatoms. The molecular weight excluding hydrogens is 299 g/mol. The molecule has 128 valence electrons. The molecule has 2 aliphatic heterocycles. The van der Waals surface area contributed by atoms with Crippen LogP contribution >= 0.6 is 0 Å². The minimum Gasteiger partial charge on any atom is -0.366 e. The highest BCUT2D eigenvalue weighted by atomic mass is 19.4. The van der Waals surface area contributed by atoms with E-state index in [0.717, 1.165) is 25.8 Å². The van der Waals surface area contributed by atoms with E-state index in [2.05, 4.69) is 10.6 Å². The smallest absolute Gasteiger partial charge is 0.366 e. The van der Waals surface area contributed by atoms with Crippen molar-refractivity contribution in [3.05, 3.63) is 0 Å². The van der Waals surface area contributed by atoms with Gasteiger partial charge in [0, 0.05) is 19.6 Å². The number of alkyl halides is 3. The number of morpholine rings is 1. The number of carbonyl (C=O) groups is 1. The van der Waals surface area contributed by atoms with Crippen LogP contribution in [0.2, 0.25) is 0 Å². The van der Waals surface area contributed by atoms with Crippen LogP contribution in [0, 0.1) is 5.92 Å². The molecule has 0 spiro atoms. The second-order valence-corrected chi connectivity index (χ2v) is 5.98. The van der Waals surface area contributed by atoms with E-state index in [-0.39, 0.29) is 5.91 Å². The maximum absolute atomic E-state index is 12.3. The van der Waals surface area contributed by atoms with Gasteiger partial charge in [0.25, 0.3) is 0 Å². The van der Waals surface area contributed by atoms with Crippen molar-refractivity contribution < 1.29 is 22.7 Å². The zero-order valence-electron chi connectivity index (χ0n) is 12.6. The first-order valence-corrected chi connectivity index (χ1v) is 7.83. The van der Waals surface area contributed by atoms with Gasteiger partial charge in [-0.3, -0.25) is 9.69 Å². The third-order valence-electron chi connectivity index (χ3n) is 4.18. The van der Waals surface area contributed by atoms with Crippen LogP contribution < -0.4 is 10.6 Å². The molecule has 2 aliphatic rings. The highest BCUT2D eigenvalue weighted by Crippen LogP contribution is 2.23. The average molecular weight is 323 g/mol. The summed E-state index contributed by atoms with van der Waals surface area (Å²) in [5.74, 6) is 0.275. The van der Waals surface area contributed by atoms with Crippen molar-refractivity contribution in [1.29, 1.82) is 0 Å². The Labute approximate surface area is 128 Å². The van der Waals surface area contributed by atoms with Crippen LogP contribution in [0.3, 0.4) is 0 Å². The number of ether oxygens (including phenoxy) is 1. The lowest BCUT2D eigenvalue weighted by molar-refractivity contribution is -0.148. The van der Waals surface area contributed by atoms with E-state index in [0.29, 0.717) is 38.7 Å². The van der Waals surface area contributed by atoms with Crippen molar-refractivity contribution in [2.75, 3.05) is 45.9 Å². The lowest BCUT2D eigenvalue weighted by Gasteiger charge is -2.32. The van der Waals surface area contributed by atoms with Gasteiger partial charge in [-0.2, -0.15) is 13.2 Å². The molecule has 0 bridgehead atoms. The van der Waals surface area contributed by atoms with Crippen molar-refractivity contribution in [1.82, 2.24) is 15.5 Å². The Morgan fingerprint density at radius 3 is 2.64 bits per heavy atom. The Morgan fingerprint density at radius 2 is 2.05 bits per heavy atom. The van der Waals surface area contributed by atoms with Crippen molar-refractivity contribution >= 4 is 5.91 Å². The van der Waals surface area contributed by atoms with Crippen molar-refractivity contribution in [3.8, 4) is 0 Å². The predicted octanol–water partition coefficient (Wildman–Crippen LogP) is 0.755. The zero-order valence-corrected chi connectivity index (χ0v) is 12.6. The van der Waals surface area contributed by atoms with Crippen LogP contribution in [0.4, 0.5) is 13.2 Å². The topological polar surface area (TPSA) is 53.6 Å². The number of amides is 1. The Hall–Kier alpha value is -0.860. The molecule has 22 heavy (non-hydrogen) atoms. The monoisotopic (exact) mass is 323 g/mol. The van der Waals surface area contributed by atoms with Gasteiger partial charge in [-0.1, -0.05) is 0 Å². The van der Waals surface area contributed by atoms with Gasteiger partial charge < -0.3 is 15.4 Å². The first-order valence-electron chi connectivity index (χ1n) is 7.83. The van der Waals surface area contributed by atoms with E-state index in [4.69, 9.17) is 4.74 Å². The van der Waals surface area contributed by atoms with Crippen LogP contribution in [0.25, 0.3) is 0 Å². The first kappa shape index (κ1) is 17.5. The van der Waals surface area contributed by atoms with Crippen molar-refractivity contribution in [2.45, 2.75) is 31.5 Å². The minimum atomic E-state index is -4.12. The van der Waals surface area contributed by atoms with E-state index >= 15 is 0 Å². The molecule has 0 saturated carbocycles. The highest BCUT2D eigenvalue weighted by molar-refractivity contribution is 5.81. The lowest BCUT2D eigenvalue weighted by Crippen LogP contribution is -2.48. The minimum absolute atomic E-state index is 0.110. The first-order chi connectivity index (χ1) is 10.4. The largest absolute Gasteiger partial charge is 0.401 e. The molecule has 2 heterocycles. The molecule has 0 radical (unpaired) electrons. The number of halogens is 3. The van der Waals surface area contributed by atoms with Gasteiger partial charge in [0.05, 0.1) is 13.2 Å². The number of carbonyl (C=O) groups excluding carboxylic acids is 1. The van der Waals surface area contributed by atoms with E-state index < -0.39 is 18.8 Å². The van der Waals surface area contributed by atoms with Crippen LogP contribution in [0.5, 0.6) is 0 Å². The lowest BCUT2D eigenvalue weighted by atomic mass is 9.93. The molecule has 1 amide bonds. The van der Waals surface area contributed by atoms with Crippen LogP contribution in [-0.4, -0.2) is 69.0 Å². The number of likely N-dealkylation sites (tertiary alicyclic amines) is 1. The fraction of sp³-hybridized carbons (Fsp3) is 0.929. The molecule has 2 rings (SSSR count). The Balaban J connectivity index is 1.58. The maximum atomic E-state index is 12.3. The van der Waals surface area contributed by atoms with Crippen molar-refractivity contribution in [3.63, 3.8) is 0 Å². The molecule has 5 nitrogen and oxygen atoms in total. The second-order valence-electron chi connectivity index (χ2n) is 5.98. The molecule has 1 unspecified atom stereocenters. The Morgan fingerprint density at radius 1 is 1.32 bits per heavy atom. The van der Waals surface area contributed by atoms with Crippen LogP contribution in [0.1, 0.15) is 19.3 Å². The molecule has 2 saturated heterocycles. The van der Waals surface area contributed by atoms with Crippen LogP contribution in [-0.2, 0) is 9.53 Å². The number of piperidine rings is 1. The van der Waals surface area contributed by atoms with E-state index in [1.54, 1.807) is 0 Å². The fourth-order valence-electron chi connectivity index (χ4n) is 2.93. The Bertz CT molecular complexity index is 352. The third kappa shape index (κ3) is 6.10. The van der Waals surface area contributed by atoms with Crippen LogP contribution in [0.15, 0.2) is 0 Å². The summed E-state index contributed by atoms with van der Waals surface area (Å²) in [5, 5.41) is 5.95. The standard InChI is InChI=1S/C14H24F3N3O2/c15-14(16,17)10-20-6-2-11(3-7-20)1-4-19-13(21)12-9-18-5-8-22-12/h11-12,18H,1-10H2,(H,19,21). The quantitative estimate of drug-likeness (QED) is 0.784. The number of hydrogen-bond donors (Lipinski definition) is 2. The average Bonchev–Trinajstić information content (AvgIpc) is 2.48. The third-order valence-corrected chi connectivity index (χ3v) is 4.18. The summed E-state index contributed by atoms with van der Waals surface area (Å²) < 4.78 is 42.3. The van der Waals surface area contributed by atoms with Gasteiger partial charge in [0.15, 0.2) is 0 Å². The summed E-state index contributed by atoms with van der Waals surface area (Å²) in [6.45, 7) is 2.53. The molecule has 1 atom stereocenters. The molecule has 0 aliphatic carbocycles. The number of rotatable bonds is 5. The summed E-state index contributed by atoms with van der Waals surface area (Å²) >= 11 is 0. The molecule has 0 aromatic heterocycles. The predicted molar refractivity (Wildman–Crippen MR) is 75.5 cm³/mol. The summed E-state index contributed by atoms with van der Waals surface area (Å²) in [7, 11) is 0. The summed E-state index contributed by atoms with van der Waals surface area (Å²) in [4.78, 5) is 13.3. The fourth-order valence-corrected chi connectivity index (χ4v) is 2.93. The maximum Gasteiger partial charge on any atom is 0.401 e. The van der Waals surface area contributed by atoms with E-state index in [1.165, 1.54) is 4.90 Å². The van der Waals surface area contributed by atoms with Gasteiger partial charge in [-0.05, 0) is 38.3 Å². The highest BCUT2D eigenvalue weighted by Gasteiger charge is 2.32. The number of nitrogens with zero attached hydrogens (tertiary/aromatic N) is 1. The zero-order chi connectivity index (χ0) is 16.0. The molecule has 2 N–H and O–H groups in total. The molecule has 2 fully saturated rings. The SMILES string of the molecule is O=C(NCCC1CCN(CC(F)(F)F)CC1)C1CNCCO1.